The highest BCUT2D eigenvalue weighted by Gasteiger charge is 2.28. The van der Waals surface area contributed by atoms with Crippen molar-refractivity contribution in [3.05, 3.63) is 0 Å². The molecule has 0 aromatic rings. The minimum absolute atomic E-state index is 0.260. The molecule has 66 valence electrons. The molecule has 0 bridgehead atoms. The van der Waals surface area contributed by atoms with E-state index >= 15 is 0 Å². The molecule has 4 heteroatoms. The second-order valence-electron chi connectivity index (χ2n) is 2.93. The number of nitrogens with one attached hydrogen (secondary N) is 1. The smallest absolute Gasteiger partial charge is 0.264 e. The summed E-state index contributed by atoms with van der Waals surface area (Å²) in [6, 6.07) is 0. The Morgan fingerprint density at radius 3 is 2.64 bits per heavy atom. The molecule has 2 unspecified atom stereocenters. The molecule has 1 aliphatic heterocycles. The van der Waals surface area contributed by atoms with E-state index in [9.17, 15) is 8.78 Å². The SMILES string of the molecule is OC(C(F)F)C1CCCNC1. The zero-order valence-corrected chi connectivity index (χ0v) is 6.26. The number of hydrogen-bond acceptors (Lipinski definition) is 2. The normalized spacial score (nSPS) is 28.9. The van der Waals surface area contributed by atoms with Gasteiger partial charge in [-0.3, -0.25) is 0 Å². The third kappa shape index (κ3) is 2.38. The Bertz CT molecular complexity index is 115. The molecule has 2 atom stereocenters. The van der Waals surface area contributed by atoms with Gasteiger partial charge in [0.05, 0.1) is 0 Å². The van der Waals surface area contributed by atoms with Crippen LogP contribution in [0.25, 0.3) is 0 Å². The van der Waals surface area contributed by atoms with Gasteiger partial charge in [0.1, 0.15) is 6.10 Å². The number of hydrogen-bond donors (Lipinski definition) is 2. The summed E-state index contributed by atoms with van der Waals surface area (Å²) < 4.78 is 23.9. The lowest BCUT2D eigenvalue weighted by Gasteiger charge is -2.26. The fourth-order valence-corrected chi connectivity index (χ4v) is 1.38. The molecule has 1 rings (SSSR count). The molecule has 1 saturated heterocycles. The van der Waals surface area contributed by atoms with Crippen LogP contribution in [-0.4, -0.2) is 30.7 Å². The van der Waals surface area contributed by atoms with Crippen LogP contribution in [0.4, 0.5) is 8.78 Å². The monoisotopic (exact) mass is 165 g/mol. The summed E-state index contributed by atoms with van der Waals surface area (Å²) in [6.07, 6.45) is -2.45. The minimum Gasteiger partial charge on any atom is -0.387 e. The van der Waals surface area contributed by atoms with Crippen LogP contribution in [0.2, 0.25) is 0 Å². The first-order valence-corrected chi connectivity index (χ1v) is 3.88. The maximum Gasteiger partial charge on any atom is 0.264 e. The summed E-state index contributed by atoms with van der Waals surface area (Å²) in [5.74, 6) is -0.260. The van der Waals surface area contributed by atoms with E-state index in [-0.39, 0.29) is 5.92 Å². The van der Waals surface area contributed by atoms with Crippen LogP contribution in [0, 0.1) is 5.92 Å². The first-order chi connectivity index (χ1) is 5.22. The van der Waals surface area contributed by atoms with E-state index in [2.05, 4.69) is 5.32 Å². The lowest BCUT2D eigenvalue weighted by Crippen LogP contribution is -2.39. The van der Waals surface area contributed by atoms with E-state index in [4.69, 9.17) is 5.11 Å². The predicted molar refractivity (Wildman–Crippen MR) is 37.6 cm³/mol. The van der Waals surface area contributed by atoms with Crippen LogP contribution in [-0.2, 0) is 0 Å². The number of aliphatic hydroxyl groups excluding tert-OH is 1. The van der Waals surface area contributed by atoms with Crippen molar-refractivity contribution < 1.29 is 13.9 Å². The number of aliphatic hydroxyl groups is 1. The van der Waals surface area contributed by atoms with Crippen molar-refractivity contribution in [1.82, 2.24) is 5.32 Å². The Morgan fingerprint density at radius 1 is 1.45 bits per heavy atom. The molecule has 0 amide bonds. The van der Waals surface area contributed by atoms with E-state index in [1.54, 1.807) is 0 Å². The van der Waals surface area contributed by atoms with Crippen molar-refractivity contribution in [2.24, 2.45) is 5.92 Å². The molecule has 1 heterocycles. The van der Waals surface area contributed by atoms with Gasteiger partial charge in [0.15, 0.2) is 0 Å². The number of halogens is 2. The molecule has 0 saturated carbocycles. The van der Waals surface area contributed by atoms with Crippen molar-refractivity contribution in [2.45, 2.75) is 25.4 Å². The molecule has 1 aliphatic rings. The molecule has 0 aliphatic carbocycles. The maximum atomic E-state index is 11.9. The molecular weight excluding hydrogens is 152 g/mol. The Kier molecular flexibility index (Phi) is 3.20. The zero-order valence-electron chi connectivity index (χ0n) is 6.26. The third-order valence-electron chi connectivity index (χ3n) is 2.08. The zero-order chi connectivity index (χ0) is 8.27. The molecule has 0 aromatic carbocycles. The lowest BCUT2D eigenvalue weighted by molar-refractivity contribution is -0.0437. The van der Waals surface area contributed by atoms with Crippen molar-refractivity contribution in [2.75, 3.05) is 13.1 Å². The van der Waals surface area contributed by atoms with E-state index in [1.807, 2.05) is 0 Å². The first kappa shape index (κ1) is 8.87. The van der Waals surface area contributed by atoms with Gasteiger partial charge < -0.3 is 10.4 Å². The predicted octanol–water partition coefficient (Wildman–Crippen LogP) is 0.612. The average molecular weight is 165 g/mol. The van der Waals surface area contributed by atoms with Crippen LogP contribution < -0.4 is 5.32 Å². The number of piperidine rings is 1. The molecule has 1 fully saturated rings. The van der Waals surface area contributed by atoms with Gasteiger partial charge >= 0.3 is 0 Å². The Hall–Kier alpha value is -0.220. The molecule has 2 N–H and O–H groups in total. The van der Waals surface area contributed by atoms with E-state index in [0.717, 1.165) is 13.0 Å². The van der Waals surface area contributed by atoms with E-state index in [1.165, 1.54) is 0 Å². The maximum absolute atomic E-state index is 11.9. The highest BCUT2D eigenvalue weighted by Crippen LogP contribution is 2.18. The van der Waals surface area contributed by atoms with Gasteiger partial charge in [-0.15, -0.1) is 0 Å². The standard InChI is InChI=1S/C7H13F2NO/c8-7(9)6(11)5-2-1-3-10-4-5/h5-7,10-11H,1-4H2. The van der Waals surface area contributed by atoms with Crippen molar-refractivity contribution in [3.8, 4) is 0 Å². The van der Waals surface area contributed by atoms with Gasteiger partial charge in [0.2, 0.25) is 0 Å². The quantitative estimate of drug-likeness (QED) is 0.628. The van der Waals surface area contributed by atoms with Gasteiger partial charge in [0.25, 0.3) is 6.43 Å². The molecule has 2 nitrogen and oxygen atoms in total. The van der Waals surface area contributed by atoms with Crippen molar-refractivity contribution in [3.63, 3.8) is 0 Å². The topological polar surface area (TPSA) is 32.3 Å². The molecule has 0 radical (unpaired) electrons. The Balaban J connectivity index is 2.32. The van der Waals surface area contributed by atoms with Gasteiger partial charge in [0, 0.05) is 12.5 Å². The fraction of sp³-hybridized carbons (Fsp3) is 1.00. The van der Waals surface area contributed by atoms with E-state index in [0.29, 0.717) is 13.0 Å². The summed E-state index contributed by atoms with van der Waals surface area (Å²) in [5, 5.41) is 11.9. The molecular formula is C7H13F2NO. The highest BCUT2D eigenvalue weighted by atomic mass is 19.3. The average Bonchev–Trinajstić information content (AvgIpc) is 2.05. The van der Waals surface area contributed by atoms with Gasteiger partial charge in [-0.25, -0.2) is 8.78 Å². The Labute approximate surface area is 64.6 Å². The second-order valence-corrected chi connectivity index (χ2v) is 2.93. The number of rotatable bonds is 2. The second kappa shape index (κ2) is 3.97. The lowest BCUT2D eigenvalue weighted by atomic mass is 9.94. The summed E-state index contributed by atoms with van der Waals surface area (Å²) in [6.45, 7) is 1.40. The van der Waals surface area contributed by atoms with Gasteiger partial charge in [-0.05, 0) is 19.4 Å². The van der Waals surface area contributed by atoms with Crippen LogP contribution in [0.5, 0.6) is 0 Å². The number of alkyl halides is 2. The van der Waals surface area contributed by atoms with Gasteiger partial charge in [-0.2, -0.15) is 0 Å². The van der Waals surface area contributed by atoms with Crippen LogP contribution >= 0.6 is 0 Å². The fourth-order valence-electron chi connectivity index (χ4n) is 1.38. The minimum atomic E-state index is -2.60. The van der Waals surface area contributed by atoms with Crippen LogP contribution in [0.15, 0.2) is 0 Å². The third-order valence-corrected chi connectivity index (χ3v) is 2.08. The summed E-state index contributed by atoms with van der Waals surface area (Å²) in [5.41, 5.74) is 0. The van der Waals surface area contributed by atoms with Gasteiger partial charge in [-0.1, -0.05) is 0 Å². The molecule has 11 heavy (non-hydrogen) atoms. The van der Waals surface area contributed by atoms with E-state index < -0.39 is 12.5 Å². The molecule has 0 spiro atoms. The Morgan fingerprint density at radius 2 is 2.18 bits per heavy atom. The van der Waals surface area contributed by atoms with Crippen molar-refractivity contribution in [1.29, 1.82) is 0 Å². The van der Waals surface area contributed by atoms with Crippen LogP contribution in [0.1, 0.15) is 12.8 Å². The van der Waals surface area contributed by atoms with Crippen molar-refractivity contribution >= 4 is 0 Å². The summed E-state index contributed by atoms with van der Waals surface area (Å²) >= 11 is 0. The first-order valence-electron chi connectivity index (χ1n) is 3.88. The largest absolute Gasteiger partial charge is 0.387 e. The molecule has 0 aromatic heterocycles. The highest BCUT2D eigenvalue weighted by molar-refractivity contribution is 4.76. The van der Waals surface area contributed by atoms with Crippen LogP contribution in [0.3, 0.4) is 0 Å². The summed E-state index contributed by atoms with van der Waals surface area (Å²) in [7, 11) is 0. The summed E-state index contributed by atoms with van der Waals surface area (Å²) in [4.78, 5) is 0.